The summed E-state index contributed by atoms with van der Waals surface area (Å²) in [6.07, 6.45) is 3.17. The Balaban J connectivity index is 1.01. The van der Waals surface area contributed by atoms with Gasteiger partial charge in [0.25, 0.3) is 11.8 Å². The van der Waals surface area contributed by atoms with Gasteiger partial charge in [-0.15, -0.1) is 0 Å². The molecule has 1 aliphatic rings. The molecule has 0 radical (unpaired) electrons. The first-order chi connectivity index (χ1) is 20.0. The third-order valence-electron chi connectivity index (χ3n) is 7.24. The molecule has 0 bridgehead atoms. The number of aliphatic hydroxyl groups is 1. The summed E-state index contributed by atoms with van der Waals surface area (Å²) in [5.41, 5.74) is 4.47. The van der Waals surface area contributed by atoms with Gasteiger partial charge in [-0.05, 0) is 109 Å². The van der Waals surface area contributed by atoms with Gasteiger partial charge in [-0.2, -0.15) is 0 Å². The number of aliphatic hydroxyl groups excluding tert-OH is 1. The van der Waals surface area contributed by atoms with Crippen LogP contribution in [0.4, 0.5) is 17.1 Å². The van der Waals surface area contributed by atoms with Crippen molar-refractivity contribution in [3.05, 3.63) is 114 Å². The third kappa shape index (κ3) is 6.23. The monoisotopic (exact) mass is 546 g/mol. The van der Waals surface area contributed by atoms with Gasteiger partial charge in [0.2, 0.25) is 0 Å². The predicted molar refractivity (Wildman–Crippen MR) is 161 cm³/mol. The summed E-state index contributed by atoms with van der Waals surface area (Å²) in [6.45, 7) is 1.62. The summed E-state index contributed by atoms with van der Waals surface area (Å²) < 4.78 is 5.92. The van der Waals surface area contributed by atoms with Crippen LogP contribution in [0.2, 0.25) is 0 Å². The number of rotatable bonds is 7. The molecule has 0 unspecified atom stereocenters. The molecule has 4 N–H and O–H groups in total. The number of piperidine rings is 1. The molecule has 4 aromatic carbocycles. The smallest absolute Gasteiger partial charge is 0.255 e. The van der Waals surface area contributed by atoms with Crippen molar-refractivity contribution in [1.82, 2.24) is 4.98 Å². The van der Waals surface area contributed by atoms with E-state index < -0.39 is 0 Å². The number of benzene rings is 4. The van der Waals surface area contributed by atoms with Crippen LogP contribution in [-0.4, -0.2) is 41.1 Å². The van der Waals surface area contributed by atoms with E-state index in [-0.39, 0.29) is 17.9 Å². The SMILES string of the molecule is O=C(Nc1ccc(Oc2ccc(C(=O)Nc3ccc4cc[nH]c4c3)cc2)cc1)c1ccc(N2CCC(O)CC2)cc1. The maximum atomic E-state index is 12.7. The number of hydrogen-bond acceptors (Lipinski definition) is 5. The first-order valence-corrected chi connectivity index (χ1v) is 13.6. The maximum absolute atomic E-state index is 12.7. The number of carbonyl (C=O) groups is 2. The molecule has 2 amide bonds. The molecule has 0 aliphatic carbocycles. The van der Waals surface area contributed by atoms with E-state index >= 15 is 0 Å². The van der Waals surface area contributed by atoms with Crippen LogP contribution in [0.3, 0.4) is 0 Å². The van der Waals surface area contributed by atoms with Crippen molar-refractivity contribution >= 4 is 39.8 Å². The molecule has 2 heterocycles. The average molecular weight is 547 g/mol. The standard InChI is InChI=1S/C33H30N4O4/c38-28-16-19-37(20-17-28)27-9-2-23(3-10-27)32(39)35-25-7-13-30(14-8-25)41-29-11-4-24(5-12-29)33(40)36-26-6-1-22-15-18-34-31(22)21-26/h1-15,18,21,28,34,38H,16-17,19-20H2,(H,35,39)(H,36,40). The number of fused-ring (bicyclic) bond motifs is 1. The van der Waals surface area contributed by atoms with Gasteiger partial charge in [-0.3, -0.25) is 9.59 Å². The van der Waals surface area contributed by atoms with Crippen LogP contribution in [0.25, 0.3) is 10.9 Å². The molecule has 6 rings (SSSR count). The second kappa shape index (κ2) is 11.6. The van der Waals surface area contributed by atoms with E-state index in [1.165, 1.54) is 0 Å². The van der Waals surface area contributed by atoms with Gasteiger partial charge in [0, 0.05) is 53.0 Å². The molecule has 1 saturated heterocycles. The molecule has 41 heavy (non-hydrogen) atoms. The van der Waals surface area contributed by atoms with Gasteiger partial charge in [-0.1, -0.05) is 6.07 Å². The number of anilines is 3. The van der Waals surface area contributed by atoms with Crippen molar-refractivity contribution in [1.29, 1.82) is 0 Å². The predicted octanol–water partition coefficient (Wildman–Crippen LogP) is 6.43. The Kier molecular flexibility index (Phi) is 7.38. The van der Waals surface area contributed by atoms with E-state index in [2.05, 4.69) is 20.5 Å². The second-order valence-corrected chi connectivity index (χ2v) is 10.1. The number of aromatic amines is 1. The highest BCUT2D eigenvalue weighted by molar-refractivity contribution is 6.05. The minimum atomic E-state index is -0.218. The van der Waals surface area contributed by atoms with Crippen LogP contribution in [0.1, 0.15) is 33.6 Å². The molecule has 8 nitrogen and oxygen atoms in total. The Morgan fingerprint density at radius 1 is 0.732 bits per heavy atom. The summed E-state index contributed by atoms with van der Waals surface area (Å²) >= 11 is 0. The average Bonchev–Trinajstić information content (AvgIpc) is 3.47. The van der Waals surface area contributed by atoms with Crippen molar-refractivity contribution in [3.63, 3.8) is 0 Å². The van der Waals surface area contributed by atoms with E-state index in [1.807, 2.05) is 54.7 Å². The minimum Gasteiger partial charge on any atom is -0.457 e. The first kappa shape index (κ1) is 26.2. The summed E-state index contributed by atoms with van der Waals surface area (Å²) in [5, 5.41) is 16.6. The van der Waals surface area contributed by atoms with Gasteiger partial charge in [0.1, 0.15) is 11.5 Å². The molecular formula is C33H30N4O4. The number of nitrogens with zero attached hydrogens (tertiary/aromatic N) is 1. The molecule has 8 heteroatoms. The van der Waals surface area contributed by atoms with Crippen LogP contribution in [0, 0.1) is 0 Å². The van der Waals surface area contributed by atoms with E-state index in [1.54, 1.807) is 48.5 Å². The zero-order valence-corrected chi connectivity index (χ0v) is 22.3. The van der Waals surface area contributed by atoms with Gasteiger partial charge >= 0.3 is 0 Å². The molecule has 1 aliphatic heterocycles. The summed E-state index contributed by atoms with van der Waals surface area (Å²) in [4.78, 5) is 30.8. The fourth-order valence-corrected chi connectivity index (χ4v) is 4.90. The topological polar surface area (TPSA) is 107 Å². The van der Waals surface area contributed by atoms with Crippen LogP contribution in [0.5, 0.6) is 11.5 Å². The van der Waals surface area contributed by atoms with Crippen molar-refractivity contribution < 1.29 is 19.4 Å². The minimum absolute atomic E-state index is 0.194. The van der Waals surface area contributed by atoms with Crippen molar-refractivity contribution in [2.75, 3.05) is 28.6 Å². The molecule has 1 fully saturated rings. The number of hydrogen-bond donors (Lipinski definition) is 4. The fourth-order valence-electron chi connectivity index (χ4n) is 4.90. The van der Waals surface area contributed by atoms with Crippen molar-refractivity contribution in [2.24, 2.45) is 0 Å². The van der Waals surface area contributed by atoms with Crippen LogP contribution < -0.4 is 20.3 Å². The fraction of sp³-hybridized carbons (Fsp3) is 0.152. The normalized spacial score (nSPS) is 13.6. The molecule has 206 valence electrons. The Hall–Kier alpha value is -5.08. The van der Waals surface area contributed by atoms with Crippen molar-refractivity contribution in [3.8, 4) is 11.5 Å². The highest BCUT2D eigenvalue weighted by Crippen LogP contribution is 2.25. The van der Waals surface area contributed by atoms with Crippen LogP contribution in [-0.2, 0) is 0 Å². The maximum Gasteiger partial charge on any atom is 0.255 e. The van der Waals surface area contributed by atoms with E-state index in [0.29, 0.717) is 34.0 Å². The number of H-pyrrole nitrogens is 1. The zero-order chi connectivity index (χ0) is 28.2. The Morgan fingerprint density at radius 2 is 1.29 bits per heavy atom. The summed E-state index contributed by atoms with van der Waals surface area (Å²) in [7, 11) is 0. The number of nitrogens with one attached hydrogen (secondary N) is 3. The largest absolute Gasteiger partial charge is 0.457 e. The number of amides is 2. The zero-order valence-electron chi connectivity index (χ0n) is 22.3. The molecule has 0 atom stereocenters. The number of carbonyl (C=O) groups excluding carboxylic acids is 2. The lowest BCUT2D eigenvalue weighted by Crippen LogP contribution is -2.35. The van der Waals surface area contributed by atoms with Crippen molar-refractivity contribution in [2.45, 2.75) is 18.9 Å². The van der Waals surface area contributed by atoms with E-state index in [4.69, 9.17) is 4.74 Å². The molecule has 0 saturated carbocycles. The molecule has 0 spiro atoms. The second-order valence-electron chi connectivity index (χ2n) is 10.1. The first-order valence-electron chi connectivity index (χ1n) is 13.6. The quantitative estimate of drug-likeness (QED) is 0.188. The lowest BCUT2D eigenvalue weighted by Gasteiger charge is -2.31. The highest BCUT2D eigenvalue weighted by atomic mass is 16.5. The summed E-state index contributed by atoms with van der Waals surface area (Å²) in [6, 6.07) is 29.3. The third-order valence-corrected chi connectivity index (χ3v) is 7.24. The lowest BCUT2D eigenvalue weighted by atomic mass is 10.1. The molecular weight excluding hydrogens is 516 g/mol. The molecule has 5 aromatic rings. The van der Waals surface area contributed by atoms with Gasteiger partial charge in [-0.25, -0.2) is 0 Å². The van der Waals surface area contributed by atoms with Crippen LogP contribution >= 0.6 is 0 Å². The number of aromatic nitrogens is 1. The van der Waals surface area contributed by atoms with Gasteiger partial charge in [0.05, 0.1) is 6.10 Å². The lowest BCUT2D eigenvalue weighted by molar-refractivity contribution is 0.101. The molecule has 1 aromatic heterocycles. The highest BCUT2D eigenvalue weighted by Gasteiger charge is 2.17. The summed E-state index contributed by atoms with van der Waals surface area (Å²) in [5.74, 6) is 0.800. The van der Waals surface area contributed by atoms with E-state index in [0.717, 1.165) is 42.5 Å². The number of ether oxygens (including phenoxy) is 1. The van der Waals surface area contributed by atoms with E-state index in [9.17, 15) is 14.7 Å². The Bertz CT molecular complexity index is 1650. The van der Waals surface area contributed by atoms with Gasteiger partial charge in [0.15, 0.2) is 0 Å². The Labute approximate surface area is 237 Å². The van der Waals surface area contributed by atoms with Gasteiger partial charge < -0.3 is 30.4 Å². The van der Waals surface area contributed by atoms with Crippen LogP contribution in [0.15, 0.2) is 103 Å². The Morgan fingerprint density at radius 3 is 1.95 bits per heavy atom.